The van der Waals surface area contributed by atoms with E-state index in [0.29, 0.717) is 44.8 Å². The molecule has 0 rings (SSSR count). The van der Waals surface area contributed by atoms with E-state index in [1.54, 1.807) is 0 Å². The Hall–Kier alpha value is -2.16. The van der Waals surface area contributed by atoms with Crippen LogP contribution in [0.2, 0.25) is 0 Å². The molecule has 0 aliphatic carbocycles. The smallest absolute Gasteiger partial charge is 0.305 e. The SMILES string of the molecule is CCCCCCCCC(CCCCCC)COC(=O)CCCCCC(CCCCCCC(=O)O)N(CCCN(C)C)C(=O)CCCCCCCC(=O)OCC. The zero-order valence-electron chi connectivity index (χ0n) is 36.7. The third kappa shape index (κ3) is 34.8. The molecule has 0 fully saturated rings. The van der Waals surface area contributed by atoms with Crippen molar-refractivity contribution in [2.45, 2.75) is 226 Å². The first-order chi connectivity index (χ1) is 26.6. The first-order valence-corrected chi connectivity index (χ1v) is 23.1. The third-order valence-electron chi connectivity index (χ3n) is 10.9. The Labute approximate surface area is 338 Å². The molecule has 2 unspecified atom stereocenters. The van der Waals surface area contributed by atoms with Crippen molar-refractivity contribution in [3.8, 4) is 0 Å². The molecule has 0 aromatic rings. The number of amides is 1. The monoisotopic (exact) mass is 781 g/mol. The van der Waals surface area contributed by atoms with Crippen molar-refractivity contribution in [1.82, 2.24) is 9.80 Å². The van der Waals surface area contributed by atoms with Crippen molar-refractivity contribution < 1.29 is 33.8 Å². The Morgan fingerprint density at radius 2 is 0.927 bits per heavy atom. The highest BCUT2D eigenvalue weighted by Crippen LogP contribution is 2.23. The molecule has 2 atom stereocenters. The van der Waals surface area contributed by atoms with Crippen LogP contribution in [0.25, 0.3) is 0 Å². The van der Waals surface area contributed by atoms with Crippen LogP contribution in [0.15, 0.2) is 0 Å². The van der Waals surface area contributed by atoms with Gasteiger partial charge in [0.25, 0.3) is 0 Å². The molecule has 324 valence electrons. The summed E-state index contributed by atoms with van der Waals surface area (Å²) >= 11 is 0. The van der Waals surface area contributed by atoms with Gasteiger partial charge in [-0.25, -0.2) is 0 Å². The molecule has 0 saturated carbocycles. The number of carboxylic acid groups (broad SMARTS) is 1. The van der Waals surface area contributed by atoms with E-state index in [4.69, 9.17) is 14.6 Å². The lowest BCUT2D eigenvalue weighted by Crippen LogP contribution is -2.41. The predicted molar refractivity (Wildman–Crippen MR) is 227 cm³/mol. The second-order valence-corrected chi connectivity index (χ2v) is 16.4. The van der Waals surface area contributed by atoms with Gasteiger partial charge in [-0.3, -0.25) is 19.2 Å². The molecular formula is C46H88N2O7. The summed E-state index contributed by atoms with van der Waals surface area (Å²) in [6, 6.07) is 0.154. The number of carboxylic acids is 1. The lowest BCUT2D eigenvalue weighted by molar-refractivity contribution is -0.145. The van der Waals surface area contributed by atoms with E-state index in [0.717, 1.165) is 116 Å². The van der Waals surface area contributed by atoms with Crippen LogP contribution in [-0.2, 0) is 28.7 Å². The third-order valence-corrected chi connectivity index (χ3v) is 10.9. The molecule has 1 amide bonds. The van der Waals surface area contributed by atoms with Gasteiger partial charge in [0, 0.05) is 38.3 Å². The fourth-order valence-electron chi connectivity index (χ4n) is 7.48. The molecule has 1 N–H and O–H groups in total. The zero-order valence-corrected chi connectivity index (χ0v) is 36.7. The lowest BCUT2D eigenvalue weighted by atomic mass is 9.95. The number of rotatable bonds is 41. The second-order valence-electron chi connectivity index (χ2n) is 16.4. The Morgan fingerprint density at radius 1 is 0.491 bits per heavy atom. The van der Waals surface area contributed by atoms with E-state index < -0.39 is 5.97 Å². The first-order valence-electron chi connectivity index (χ1n) is 23.1. The highest BCUT2D eigenvalue weighted by atomic mass is 16.5. The fourth-order valence-corrected chi connectivity index (χ4v) is 7.48. The Morgan fingerprint density at radius 3 is 1.45 bits per heavy atom. The van der Waals surface area contributed by atoms with Gasteiger partial charge < -0.3 is 24.4 Å². The van der Waals surface area contributed by atoms with Gasteiger partial charge in [-0.1, -0.05) is 129 Å². The second kappa shape index (κ2) is 38.7. The topological polar surface area (TPSA) is 113 Å². The van der Waals surface area contributed by atoms with E-state index in [1.165, 1.54) is 64.2 Å². The Bertz CT molecular complexity index is 928. The van der Waals surface area contributed by atoms with Crippen LogP contribution in [-0.4, -0.2) is 85.2 Å². The summed E-state index contributed by atoms with van der Waals surface area (Å²) < 4.78 is 10.9. The molecule has 9 nitrogen and oxygen atoms in total. The minimum absolute atomic E-state index is 0.0687. The normalized spacial score (nSPS) is 12.5. The number of carbonyl (C=O) groups excluding carboxylic acids is 3. The van der Waals surface area contributed by atoms with Crippen LogP contribution in [0, 0.1) is 5.92 Å². The molecule has 0 radical (unpaired) electrons. The standard InChI is InChI=1S/C46H88N2O7/c1-6-9-11-13-15-22-31-41(30-21-12-10-7-2)40-55-46(53)37-28-20-24-33-42(32-23-18-19-26-35-44(50)51)48(39-29-38-47(4)5)43(49)34-25-16-14-17-27-36-45(52)54-8-3/h41-42H,6-40H2,1-5H3,(H,50,51). The van der Waals surface area contributed by atoms with Crippen LogP contribution < -0.4 is 0 Å². The van der Waals surface area contributed by atoms with E-state index in [-0.39, 0.29) is 30.3 Å². The number of ether oxygens (including phenoxy) is 2. The minimum Gasteiger partial charge on any atom is -0.481 e. The van der Waals surface area contributed by atoms with Gasteiger partial charge in [0.15, 0.2) is 0 Å². The molecule has 0 aromatic heterocycles. The van der Waals surface area contributed by atoms with Gasteiger partial charge >= 0.3 is 17.9 Å². The number of carbonyl (C=O) groups is 4. The van der Waals surface area contributed by atoms with Gasteiger partial charge in [-0.15, -0.1) is 0 Å². The van der Waals surface area contributed by atoms with Crippen molar-refractivity contribution in [3.63, 3.8) is 0 Å². The number of unbranched alkanes of at least 4 members (excludes halogenated alkanes) is 17. The van der Waals surface area contributed by atoms with Gasteiger partial charge in [0.1, 0.15) is 0 Å². The van der Waals surface area contributed by atoms with E-state index in [9.17, 15) is 19.2 Å². The average molecular weight is 781 g/mol. The number of esters is 2. The van der Waals surface area contributed by atoms with E-state index >= 15 is 0 Å². The number of hydrogen-bond donors (Lipinski definition) is 1. The minimum atomic E-state index is -0.742. The summed E-state index contributed by atoms with van der Waals surface area (Å²) in [4.78, 5) is 53.5. The highest BCUT2D eigenvalue weighted by Gasteiger charge is 2.23. The van der Waals surface area contributed by atoms with Crippen molar-refractivity contribution >= 4 is 23.8 Å². The summed E-state index contributed by atoms with van der Waals surface area (Å²) in [6.07, 6.45) is 30.4. The summed E-state index contributed by atoms with van der Waals surface area (Å²) in [5.74, 6) is -0.233. The maximum Gasteiger partial charge on any atom is 0.305 e. The van der Waals surface area contributed by atoms with Gasteiger partial charge in [-0.05, 0) is 91.3 Å². The molecule has 0 bridgehead atoms. The summed E-state index contributed by atoms with van der Waals surface area (Å²) in [7, 11) is 4.13. The van der Waals surface area contributed by atoms with Crippen molar-refractivity contribution in [2.75, 3.05) is 40.4 Å². The maximum absolute atomic E-state index is 13.8. The fraction of sp³-hybridized carbons (Fsp3) is 0.913. The summed E-state index contributed by atoms with van der Waals surface area (Å²) in [5.41, 5.74) is 0. The molecule has 0 aliphatic heterocycles. The Balaban J connectivity index is 5.10. The average Bonchev–Trinajstić information content (AvgIpc) is 3.15. The van der Waals surface area contributed by atoms with Gasteiger partial charge in [-0.2, -0.15) is 0 Å². The number of nitrogens with zero attached hydrogens (tertiary/aromatic N) is 2. The largest absolute Gasteiger partial charge is 0.481 e. The quantitative estimate of drug-likeness (QED) is 0.0482. The van der Waals surface area contributed by atoms with Crippen LogP contribution in [0.1, 0.15) is 220 Å². The predicted octanol–water partition coefficient (Wildman–Crippen LogP) is 11.7. The van der Waals surface area contributed by atoms with Crippen LogP contribution in [0.3, 0.4) is 0 Å². The zero-order chi connectivity index (χ0) is 40.8. The van der Waals surface area contributed by atoms with Crippen molar-refractivity contribution in [1.29, 1.82) is 0 Å². The van der Waals surface area contributed by atoms with E-state index in [1.807, 2.05) is 6.92 Å². The highest BCUT2D eigenvalue weighted by molar-refractivity contribution is 5.76. The number of hydrogen-bond acceptors (Lipinski definition) is 7. The molecule has 0 spiro atoms. The molecule has 0 heterocycles. The summed E-state index contributed by atoms with van der Waals surface area (Å²) in [6.45, 7) is 8.98. The molecule has 55 heavy (non-hydrogen) atoms. The molecule has 0 aliphatic rings. The molecular weight excluding hydrogens is 693 g/mol. The van der Waals surface area contributed by atoms with Crippen LogP contribution in [0.4, 0.5) is 0 Å². The van der Waals surface area contributed by atoms with E-state index in [2.05, 4.69) is 37.7 Å². The summed E-state index contributed by atoms with van der Waals surface area (Å²) in [5, 5.41) is 9.03. The Kier molecular flexibility index (Phi) is 37.2. The first kappa shape index (κ1) is 52.8. The van der Waals surface area contributed by atoms with Crippen LogP contribution >= 0.6 is 0 Å². The van der Waals surface area contributed by atoms with Crippen molar-refractivity contribution in [2.24, 2.45) is 5.92 Å². The molecule has 9 heteroatoms. The molecule has 0 aromatic carbocycles. The van der Waals surface area contributed by atoms with Crippen molar-refractivity contribution in [3.05, 3.63) is 0 Å². The van der Waals surface area contributed by atoms with Crippen LogP contribution in [0.5, 0.6) is 0 Å². The number of aliphatic carboxylic acids is 1. The van der Waals surface area contributed by atoms with Gasteiger partial charge in [0.2, 0.25) is 5.91 Å². The van der Waals surface area contributed by atoms with Gasteiger partial charge in [0.05, 0.1) is 13.2 Å². The maximum atomic E-state index is 13.8. The lowest BCUT2D eigenvalue weighted by Gasteiger charge is -2.33. The molecule has 0 saturated heterocycles.